The van der Waals surface area contributed by atoms with Crippen molar-refractivity contribution in [2.45, 2.75) is 106 Å². The summed E-state index contributed by atoms with van der Waals surface area (Å²) in [6.45, 7) is 16.3. The first-order valence-electron chi connectivity index (χ1n) is 13.4. The van der Waals surface area contributed by atoms with E-state index in [1.165, 1.54) is 5.57 Å². The molecule has 0 aromatic heterocycles. The predicted molar refractivity (Wildman–Crippen MR) is 132 cm³/mol. The van der Waals surface area contributed by atoms with Gasteiger partial charge in [-0.2, -0.15) is 0 Å². The van der Waals surface area contributed by atoms with E-state index in [9.17, 15) is 15.0 Å². The van der Waals surface area contributed by atoms with Crippen molar-refractivity contribution in [1.82, 2.24) is 0 Å². The largest absolute Gasteiger partial charge is 0.395 e. The Morgan fingerprint density at radius 3 is 2.33 bits per heavy atom. The molecule has 0 amide bonds. The lowest BCUT2D eigenvalue weighted by Crippen LogP contribution is -2.63. The second kappa shape index (κ2) is 6.84. The first kappa shape index (κ1) is 23.8. The van der Waals surface area contributed by atoms with Crippen LogP contribution < -0.4 is 0 Å². The van der Waals surface area contributed by atoms with Crippen LogP contribution in [0.25, 0.3) is 0 Å². The molecule has 5 rings (SSSR count). The Morgan fingerprint density at radius 1 is 0.970 bits per heavy atom. The lowest BCUT2D eigenvalue weighted by atomic mass is 9.35. The van der Waals surface area contributed by atoms with Crippen molar-refractivity contribution in [3.05, 3.63) is 23.3 Å². The minimum atomic E-state index is -0.562. The summed E-state index contributed by atoms with van der Waals surface area (Å²) in [4.78, 5) is 13.9. The van der Waals surface area contributed by atoms with E-state index in [0.29, 0.717) is 24.0 Å². The summed E-state index contributed by atoms with van der Waals surface area (Å²) in [6, 6.07) is 0. The summed E-state index contributed by atoms with van der Waals surface area (Å²) in [6.07, 6.45) is 12.1. The third kappa shape index (κ3) is 2.79. The molecule has 5 aliphatic carbocycles. The lowest BCUT2D eigenvalue weighted by Gasteiger charge is -2.68. The summed E-state index contributed by atoms with van der Waals surface area (Å²) in [7, 11) is 0. The van der Waals surface area contributed by atoms with Gasteiger partial charge in [-0.1, -0.05) is 71.8 Å². The number of aliphatic hydroxyl groups excluding tert-OH is 2. The number of ketones is 1. The molecular weight excluding hydrogens is 408 g/mol. The van der Waals surface area contributed by atoms with E-state index >= 15 is 0 Å². The van der Waals surface area contributed by atoms with E-state index in [2.05, 4.69) is 60.6 Å². The molecule has 0 aromatic rings. The smallest absolute Gasteiger partial charge is 0.140 e. The van der Waals surface area contributed by atoms with E-state index < -0.39 is 11.5 Å². The van der Waals surface area contributed by atoms with Crippen molar-refractivity contribution in [1.29, 1.82) is 0 Å². The first-order chi connectivity index (χ1) is 15.2. The van der Waals surface area contributed by atoms with Gasteiger partial charge in [-0.25, -0.2) is 0 Å². The quantitative estimate of drug-likeness (QED) is 0.461. The van der Waals surface area contributed by atoms with Gasteiger partial charge in [0.1, 0.15) is 5.78 Å². The number of Topliss-reactive ketones (excluding diaryl/α,β-unsaturated/α-hetero) is 1. The maximum atomic E-state index is 13.9. The monoisotopic (exact) mass is 454 g/mol. The summed E-state index contributed by atoms with van der Waals surface area (Å²) in [5.74, 6) is 1.27. The Bertz CT molecular complexity index is 944. The number of fused-ring (bicyclic) bond motifs is 7. The third-order valence-electron chi connectivity index (χ3n) is 12.3. The van der Waals surface area contributed by atoms with Crippen LogP contribution in [0.1, 0.15) is 99.8 Å². The number of hydrogen-bond acceptors (Lipinski definition) is 3. The van der Waals surface area contributed by atoms with Gasteiger partial charge in [-0.15, -0.1) is 0 Å². The molecule has 2 N–H and O–H groups in total. The van der Waals surface area contributed by atoms with Crippen LogP contribution >= 0.6 is 0 Å². The Balaban J connectivity index is 1.63. The van der Waals surface area contributed by atoms with Crippen LogP contribution in [0.4, 0.5) is 0 Å². The summed E-state index contributed by atoms with van der Waals surface area (Å²) < 4.78 is 0. The molecule has 3 fully saturated rings. The zero-order chi connectivity index (χ0) is 24.2. The van der Waals surface area contributed by atoms with Gasteiger partial charge in [-0.05, 0) is 73.0 Å². The van der Waals surface area contributed by atoms with Crippen molar-refractivity contribution < 1.29 is 15.0 Å². The fourth-order valence-electron chi connectivity index (χ4n) is 9.62. The number of carbonyl (C=O) groups is 1. The van der Waals surface area contributed by atoms with Crippen LogP contribution in [0.2, 0.25) is 0 Å². The second-order valence-electron chi connectivity index (χ2n) is 14.5. The molecule has 0 spiro atoms. The average molecular weight is 455 g/mol. The van der Waals surface area contributed by atoms with Crippen LogP contribution in [-0.4, -0.2) is 28.7 Å². The Morgan fingerprint density at radius 2 is 1.67 bits per heavy atom. The van der Waals surface area contributed by atoms with E-state index in [4.69, 9.17) is 0 Å². The summed E-state index contributed by atoms with van der Waals surface area (Å²) >= 11 is 0. The van der Waals surface area contributed by atoms with Gasteiger partial charge < -0.3 is 10.2 Å². The molecule has 3 heteroatoms. The minimum absolute atomic E-state index is 0.00652. The van der Waals surface area contributed by atoms with Crippen molar-refractivity contribution >= 4 is 5.78 Å². The molecule has 0 heterocycles. The van der Waals surface area contributed by atoms with Gasteiger partial charge >= 0.3 is 0 Å². The zero-order valence-electron chi connectivity index (χ0n) is 22.1. The van der Waals surface area contributed by atoms with Gasteiger partial charge in [0.15, 0.2) is 0 Å². The highest BCUT2D eigenvalue weighted by molar-refractivity contribution is 5.88. The number of rotatable bonds is 1. The standard InChI is InChI=1S/C30H46O3/c1-25(2)14-15-26(3)20(16-25)19-8-9-22-27(4)12-11-23(32)28(5,18-31)21(27)10-13-29(22,6)30(19,7)17-24(26)33/h8,10,20,22-23,31-32H,9,11-18H2,1-7H3/t20-,22+,23-,26-,27-,28-,29+,30+/m0/s1. The van der Waals surface area contributed by atoms with Crippen LogP contribution in [0.5, 0.6) is 0 Å². The molecule has 0 radical (unpaired) electrons. The third-order valence-corrected chi connectivity index (χ3v) is 12.3. The number of allylic oxidation sites excluding steroid dienone is 3. The van der Waals surface area contributed by atoms with E-state index in [1.54, 1.807) is 5.57 Å². The van der Waals surface area contributed by atoms with Crippen LogP contribution in [-0.2, 0) is 4.79 Å². The highest BCUT2D eigenvalue weighted by Gasteiger charge is 2.68. The van der Waals surface area contributed by atoms with Crippen molar-refractivity contribution in [2.24, 2.45) is 44.3 Å². The molecule has 3 saturated carbocycles. The molecule has 184 valence electrons. The average Bonchev–Trinajstić information content (AvgIpc) is 2.73. The molecule has 5 aliphatic rings. The molecule has 33 heavy (non-hydrogen) atoms. The molecule has 0 aliphatic heterocycles. The van der Waals surface area contributed by atoms with E-state index in [1.807, 2.05) is 0 Å². The van der Waals surface area contributed by atoms with Gasteiger partial charge in [0.2, 0.25) is 0 Å². The van der Waals surface area contributed by atoms with Crippen molar-refractivity contribution in [3.8, 4) is 0 Å². The van der Waals surface area contributed by atoms with Gasteiger partial charge in [0.25, 0.3) is 0 Å². The number of aliphatic hydroxyl groups is 2. The molecule has 0 saturated heterocycles. The molecule has 0 bridgehead atoms. The second-order valence-corrected chi connectivity index (χ2v) is 14.5. The molecular formula is C30H46O3. The predicted octanol–water partition coefficient (Wildman–Crippen LogP) is 6.24. The SMILES string of the molecule is CC1(C)CC[C@]2(C)C(=O)C[C@]3(C)C(=CC[C@@H]4[C@@]5(C)CC[C@H](O)[C@@](C)(CO)C5=CC[C@]43C)[C@@H]2C1. The molecule has 0 unspecified atom stereocenters. The van der Waals surface area contributed by atoms with Gasteiger partial charge in [-0.3, -0.25) is 4.79 Å². The van der Waals surface area contributed by atoms with E-state index in [0.717, 1.165) is 44.9 Å². The molecule has 8 atom stereocenters. The summed E-state index contributed by atoms with van der Waals surface area (Å²) in [5.41, 5.74) is 2.21. The van der Waals surface area contributed by atoms with Gasteiger partial charge in [0, 0.05) is 22.7 Å². The van der Waals surface area contributed by atoms with Crippen molar-refractivity contribution in [2.75, 3.05) is 6.61 Å². The number of carbonyl (C=O) groups excluding carboxylic acids is 1. The number of hydrogen-bond donors (Lipinski definition) is 2. The maximum Gasteiger partial charge on any atom is 0.140 e. The highest BCUT2D eigenvalue weighted by atomic mass is 16.3. The topological polar surface area (TPSA) is 57.5 Å². The van der Waals surface area contributed by atoms with Gasteiger partial charge in [0.05, 0.1) is 12.7 Å². The Kier molecular flexibility index (Phi) is 4.93. The van der Waals surface area contributed by atoms with Crippen LogP contribution in [0, 0.1) is 44.3 Å². The van der Waals surface area contributed by atoms with Crippen molar-refractivity contribution in [3.63, 3.8) is 0 Å². The van der Waals surface area contributed by atoms with Crippen LogP contribution in [0.3, 0.4) is 0 Å². The summed E-state index contributed by atoms with van der Waals surface area (Å²) in [5, 5.41) is 21.2. The normalized spacial score (nSPS) is 53.1. The molecule has 3 nitrogen and oxygen atoms in total. The first-order valence-corrected chi connectivity index (χ1v) is 13.4. The Hall–Kier alpha value is -0.930. The fourth-order valence-corrected chi connectivity index (χ4v) is 9.62. The fraction of sp³-hybridized carbons (Fsp3) is 0.833. The van der Waals surface area contributed by atoms with Crippen LogP contribution in [0.15, 0.2) is 23.3 Å². The zero-order valence-corrected chi connectivity index (χ0v) is 22.1. The lowest BCUT2D eigenvalue weighted by molar-refractivity contribution is -0.154. The Labute approximate surface area is 201 Å². The highest BCUT2D eigenvalue weighted by Crippen LogP contribution is 2.73. The minimum Gasteiger partial charge on any atom is -0.395 e. The van der Waals surface area contributed by atoms with E-state index in [-0.39, 0.29) is 33.7 Å². The maximum absolute atomic E-state index is 13.9. The molecule has 0 aromatic carbocycles.